The Bertz CT molecular complexity index is 4260. The van der Waals surface area contributed by atoms with Crippen molar-refractivity contribution in [3.63, 3.8) is 0 Å². The molecule has 1 unspecified atom stereocenters. The number of nitrogens with zero attached hydrogens (tertiary/aromatic N) is 2. The van der Waals surface area contributed by atoms with Crippen molar-refractivity contribution >= 4 is 54.7 Å². The first-order valence-corrected chi connectivity index (χ1v) is 27.7. The van der Waals surface area contributed by atoms with Gasteiger partial charge in [0.25, 0.3) is 0 Å². The number of hydrogen-bond donors (Lipinski definition) is 0. The zero-order chi connectivity index (χ0) is 53.1. The van der Waals surface area contributed by atoms with Crippen molar-refractivity contribution in [2.24, 2.45) is 0 Å². The third-order valence-electron chi connectivity index (χ3n) is 16.3. The van der Waals surface area contributed by atoms with Crippen LogP contribution in [-0.4, -0.2) is 4.57 Å². The summed E-state index contributed by atoms with van der Waals surface area (Å²) in [5.74, 6) is 0.261. The molecule has 1 heterocycles. The lowest BCUT2D eigenvalue weighted by molar-refractivity contribution is 0.591. The lowest BCUT2D eigenvalue weighted by Gasteiger charge is -2.30. The molecule has 0 radical (unpaired) electrons. The van der Waals surface area contributed by atoms with E-state index in [9.17, 15) is 0 Å². The number of para-hydroxylation sites is 1. The first kappa shape index (κ1) is 48.6. The molecule has 78 heavy (non-hydrogen) atoms. The number of anilines is 2. The Labute approximate surface area is 459 Å². The van der Waals surface area contributed by atoms with Crippen LogP contribution in [0.3, 0.4) is 0 Å². The van der Waals surface area contributed by atoms with Crippen molar-refractivity contribution in [2.75, 3.05) is 4.90 Å². The summed E-state index contributed by atoms with van der Waals surface area (Å²) in [5, 5.41) is 7.60. The van der Waals surface area contributed by atoms with Crippen molar-refractivity contribution in [1.82, 2.24) is 4.57 Å². The van der Waals surface area contributed by atoms with E-state index in [-0.39, 0.29) is 16.7 Å². The molecule has 2 nitrogen and oxygen atoms in total. The Balaban J connectivity index is 0.906. The molecule has 0 amide bonds. The van der Waals surface area contributed by atoms with Crippen LogP contribution in [0.4, 0.5) is 11.4 Å². The van der Waals surface area contributed by atoms with Crippen LogP contribution in [0.1, 0.15) is 70.6 Å². The third-order valence-corrected chi connectivity index (χ3v) is 16.3. The van der Waals surface area contributed by atoms with Crippen molar-refractivity contribution in [3.8, 4) is 50.2 Å². The minimum Gasteiger partial charge on any atom is -0.311 e. The van der Waals surface area contributed by atoms with E-state index in [1.165, 1.54) is 110 Å². The van der Waals surface area contributed by atoms with Gasteiger partial charge in [0, 0.05) is 39.4 Å². The molecule has 0 bridgehead atoms. The fraction of sp³-hybridized carbons (Fsp3) is 0.132. The second-order valence-electron chi connectivity index (χ2n) is 23.3. The number of hydrogen-bond acceptors (Lipinski definition) is 1. The van der Waals surface area contributed by atoms with Crippen molar-refractivity contribution in [1.29, 1.82) is 0 Å². The van der Waals surface area contributed by atoms with Crippen LogP contribution in [-0.2, 0) is 10.8 Å². The van der Waals surface area contributed by atoms with Crippen LogP contribution in [0.5, 0.6) is 0 Å². The summed E-state index contributed by atoms with van der Waals surface area (Å²) in [6.45, 7) is 13.9. The standard InChI is InChI=1S/C76H64N2/c1-75(2,3)60-41-46-70-72(49-60)78(62-22-8-7-9-23-62)73-50-61(76(4,5)6)48-71(74(70)73)59-21-14-24-65(47-59)77(63-42-37-53(38-43-63)51-29-33-57(34-30-51)68-27-15-19-55-17-10-12-25-66(55)68)64-44-39-54(40-45-64)52-31-35-58(36-32-52)69-28-16-20-56-18-11-13-26-67(56)69/h7-39,41-50,54H,40H2,1-6H3. The molecule has 2 heteroatoms. The number of fused-ring (bicyclic) bond motifs is 5. The second-order valence-corrected chi connectivity index (χ2v) is 23.3. The maximum Gasteiger partial charge on any atom is 0.0550 e. The van der Waals surface area contributed by atoms with Crippen molar-refractivity contribution in [2.45, 2.75) is 64.7 Å². The van der Waals surface area contributed by atoms with Crippen molar-refractivity contribution in [3.05, 3.63) is 283 Å². The highest BCUT2D eigenvalue weighted by Gasteiger charge is 2.26. The van der Waals surface area contributed by atoms with Crippen LogP contribution < -0.4 is 4.90 Å². The summed E-state index contributed by atoms with van der Waals surface area (Å²) >= 11 is 0. The molecule has 13 rings (SSSR count). The molecule has 0 spiro atoms. The minimum atomic E-state index is -0.0936. The zero-order valence-corrected chi connectivity index (χ0v) is 45.5. The summed E-state index contributed by atoms with van der Waals surface area (Å²) in [5.41, 5.74) is 20.6. The Hall–Kier alpha value is -8.98. The highest BCUT2D eigenvalue weighted by atomic mass is 15.1. The van der Waals surface area contributed by atoms with Crippen LogP contribution in [0, 0.1) is 0 Å². The van der Waals surface area contributed by atoms with Gasteiger partial charge < -0.3 is 9.47 Å². The van der Waals surface area contributed by atoms with Gasteiger partial charge in [-0.25, -0.2) is 0 Å². The van der Waals surface area contributed by atoms with Crippen LogP contribution in [0.2, 0.25) is 0 Å². The Kier molecular flexibility index (Phi) is 12.2. The summed E-state index contributed by atoms with van der Waals surface area (Å²) in [4.78, 5) is 2.46. The first-order chi connectivity index (χ1) is 37.9. The van der Waals surface area contributed by atoms with Crippen molar-refractivity contribution < 1.29 is 0 Å². The van der Waals surface area contributed by atoms with E-state index in [2.05, 4.69) is 312 Å². The molecule has 11 aromatic carbocycles. The average molecular weight is 1010 g/mol. The Morgan fingerprint density at radius 2 is 0.949 bits per heavy atom. The van der Waals surface area contributed by atoms with E-state index < -0.39 is 0 Å². The molecular formula is C76H64N2. The SMILES string of the molecule is CC(C)(C)c1ccc2c3c(-c4cccc(N(C5=CCC(c6ccc(-c7cccc8ccccc78)cc6)C=C5)c5ccc(-c6ccc(-c7cccc8ccccc78)cc6)cc5)c4)cc(C(C)(C)C)cc3n(-c3ccccc3)c2c1. The summed E-state index contributed by atoms with van der Waals surface area (Å²) in [7, 11) is 0. The topological polar surface area (TPSA) is 8.17 Å². The van der Waals surface area contributed by atoms with Gasteiger partial charge in [-0.05, 0) is 161 Å². The van der Waals surface area contributed by atoms with Gasteiger partial charge in [-0.2, -0.15) is 0 Å². The summed E-state index contributed by atoms with van der Waals surface area (Å²) in [6, 6.07) is 90.2. The number of aromatic nitrogens is 1. The highest BCUT2D eigenvalue weighted by molar-refractivity contribution is 6.16. The predicted octanol–water partition coefficient (Wildman–Crippen LogP) is 21.1. The molecule has 1 atom stereocenters. The fourth-order valence-electron chi connectivity index (χ4n) is 11.9. The van der Waals surface area contributed by atoms with E-state index in [0.717, 1.165) is 23.5 Å². The number of rotatable bonds is 9. The molecule has 1 aliphatic carbocycles. The largest absolute Gasteiger partial charge is 0.311 e. The molecule has 0 fully saturated rings. The quantitative estimate of drug-likeness (QED) is 0.140. The predicted molar refractivity (Wildman–Crippen MR) is 335 cm³/mol. The van der Waals surface area contributed by atoms with E-state index in [1.54, 1.807) is 0 Å². The van der Waals surface area contributed by atoms with Gasteiger partial charge in [0.15, 0.2) is 0 Å². The molecule has 1 aromatic heterocycles. The summed E-state index contributed by atoms with van der Waals surface area (Å²) in [6.07, 6.45) is 8.08. The maximum atomic E-state index is 2.50. The number of benzene rings is 11. The van der Waals surface area contributed by atoms with E-state index in [4.69, 9.17) is 0 Å². The highest BCUT2D eigenvalue weighted by Crippen LogP contribution is 2.45. The van der Waals surface area contributed by atoms with Gasteiger partial charge in [-0.15, -0.1) is 0 Å². The molecule has 378 valence electrons. The first-order valence-electron chi connectivity index (χ1n) is 27.7. The fourth-order valence-corrected chi connectivity index (χ4v) is 11.9. The molecule has 0 N–H and O–H groups in total. The second kappa shape index (κ2) is 19.5. The van der Waals surface area contributed by atoms with Crippen LogP contribution >= 0.6 is 0 Å². The molecule has 0 saturated carbocycles. The van der Waals surface area contributed by atoms with E-state index in [0.29, 0.717) is 0 Å². The number of allylic oxidation sites excluding steroid dienone is 3. The van der Waals surface area contributed by atoms with Crippen LogP contribution in [0.15, 0.2) is 267 Å². The smallest absolute Gasteiger partial charge is 0.0550 e. The molecular weight excluding hydrogens is 941 g/mol. The summed E-state index contributed by atoms with van der Waals surface area (Å²) < 4.78 is 2.50. The van der Waals surface area contributed by atoms with Gasteiger partial charge in [0.1, 0.15) is 0 Å². The zero-order valence-electron chi connectivity index (χ0n) is 45.5. The van der Waals surface area contributed by atoms with Gasteiger partial charge >= 0.3 is 0 Å². The van der Waals surface area contributed by atoms with Gasteiger partial charge in [0.05, 0.1) is 11.0 Å². The Morgan fingerprint density at radius 1 is 0.397 bits per heavy atom. The monoisotopic (exact) mass is 1000 g/mol. The third kappa shape index (κ3) is 9.01. The minimum absolute atomic E-state index is 0.00470. The average Bonchev–Trinajstić information content (AvgIpc) is 4.03. The normalized spacial score (nSPS) is 13.9. The van der Waals surface area contributed by atoms with Gasteiger partial charge in [-0.3, -0.25) is 0 Å². The van der Waals surface area contributed by atoms with E-state index >= 15 is 0 Å². The van der Waals surface area contributed by atoms with Crippen LogP contribution in [0.25, 0.3) is 93.5 Å². The molecule has 0 saturated heterocycles. The lowest BCUT2D eigenvalue weighted by Crippen LogP contribution is -2.17. The molecule has 12 aromatic rings. The van der Waals surface area contributed by atoms with Gasteiger partial charge in [0.2, 0.25) is 0 Å². The Morgan fingerprint density at radius 3 is 1.56 bits per heavy atom. The molecule has 1 aliphatic rings. The van der Waals surface area contributed by atoms with Gasteiger partial charge in [-0.1, -0.05) is 242 Å². The molecule has 0 aliphatic heterocycles. The van der Waals surface area contributed by atoms with E-state index in [1.807, 2.05) is 0 Å². The lowest BCUT2D eigenvalue weighted by atomic mass is 9.83. The maximum absolute atomic E-state index is 2.50.